The Morgan fingerprint density at radius 3 is 2.48 bits per heavy atom. The van der Waals surface area contributed by atoms with E-state index in [4.69, 9.17) is 0 Å². The molecule has 0 radical (unpaired) electrons. The zero-order chi connectivity index (χ0) is 22.1. The summed E-state index contributed by atoms with van der Waals surface area (Å²) in [5, 5.41) is 19.3. The van der Waals surface area contributed by atoms with Crippen LogP contribution in [0.2, 0.25) is 0 Å². The molecule has 0 bridgehead atoms. The summed E-state index contributed by atoms with van der Waals surface area (Å²) >= 11 is 2.79. The number of aromatic nitrogens is 2. The maximum absolute atomic E-state index is 13.9. The van der Waals surface area contributed by atoms with Crippen molar-refractivity contribution >= 4 is 44.9 Å². The molecule has 1 N–H and O–H groups in total. The van der Waals surface area contributed by atoms with Crippen molar-refractivity contribution in [3.63, 3.8) is 0 Å². The summed E-state index contributed by atoms with van der Waals surface area (Å²) in [6.45, 7) is 7.79. The number of nitrogens with zero attached hydrogens (tertiary/aromatic N) is 5. The number of halogens is 2. The molecule has 10 heteroatoms. The van der Waals surface area contributed by atoms with Crippen LogP contribution in [0.25, 0.3) is 0 Å². The van der Waals surface area contributed by atoms with E-state index in [1.54, 1.807) is 11.1 Å². The zero-order valence-corrected chi connectivity index (χ0v) is 19.0. The lowest BCUT2D eigenvalue weighted by molar-refractivity contribution is 0.433. The fourth-order valence-corrected chi connectivity index (χ4v) is 4.53. The number of rotatable bonds is 3. The first-order valence-electron chi connectivity index (χ1n) is 9.49. The number of guanidine groups is 1. The third-order valence-corrected chi connectivity index (χ3v) is 6.53. The molecule has 2 heterocycles. The van der Waals surface area contributed by atoms with Crippen molar-refractivity contribution < 1.29 is 8.78 Å². The first-order valence-corrected chi connectivity index (χ1v) is 11.2. The molecule has 6 nitrogen and oxygen atoms in total. The van der Waals surface area contributed by atoms with Crippen LogP contribution in [0.4, 0.5) is 19.6 Å². The topological polar surface area (TPSA) is 65.8 Å². The molecule has 31 heavy (non-hydrogen) atoms. The lowest BCUT2D eigenvalue weighted by Gasteiger charge is -2.25. The zero-order valence-electron chi connectivity index (χ0n) is 17.3. The normalized spacial score (nSPS) is 16.6. The average molecular weight is 459 g/mol. The maximum atomic E-state index is 13.9. The highest BCUT2D eigenvalue weighted by Gasteiger charge is 2.32. The van der Waals surface area contributed by atoms with Gasteiger partial charge < -0.3 is 5.32 Å². The van der Waals surface area contributed by atoms with E-state index in [-0.39, 0.29) is 0 Å². The summed E-state index contributed by atoms with van der Waals surface area (Å²) in [5.74, 6) is -1.37. The summed E-state index contributed by atoms with van der Waals surface area (Å²) in [6, 6.07) is 9.86. The molecular formula is C21H20F2N6S2. The van der Waals surface area contributed by atoms with E-state index in [9.17, 15) is 8.78 Å². The van der Waals surface area contributed by atoms with E-state index in [2.05, 4.69) is 25.6 Å². The van der Waals surface area contributed by atoms with E-state index in [0.29, 0.717) is 16.7 Å². The summed E-state index contributed by atoms with van der Waals surface area (Å²) < 4.78 is 27.4. The Bertz CT molecular complexity index is 1190. The molecule has 3 aromatic rings. The van der Waals surface area contributed by atoms with E-state index < -0.39 is 17.0 Å². The second-order valence-corrected chi connectivity index (χ2v) is 9.50. The first kappa shape index (κ1) is 21.4. The van der Waals surface area contributed by atoms with Crippen molar-refractivity contribution in [3.05, 3.63) is 69.7 Å². The van der Waals surface area contributed by atoms with Crippen molar-refractivity contribution in [1.29, 1.82) is 0 Å². The number of benzene rings is 2. The monoisotopic (exact) mass is 458 g/mol. The van der Waals surface area contributed by atoms with Gasteiger partial charge >= 0.3 is 0 Å². The molecule has 1 aromatic heterocycles. The van der Waals surface area contributed by atoms with Crippen LogP contribution in [0.5, 0.6) is 0 Å². The second-order valence-electron chi connectivity index (χ2n) is 7.07. The smallest absolute Gasteiger partial charge is 0.234 e. The highest BCUT2D eigenvalue weighted by molar-refractivity contribution is 8.14. The van der Waals surface area contributed by atoms with Gasteiger partial charge in [-0.05, 0) is 68.7 Å². The van der Waals surface area contributed by atoms with Crippen LogP contribution >= 0.6 is 23.1 Å². The minimum Gasteiger partial charge on any atom is -0.324 e. The van der Waals surface area contributed by atoms with Gasteiger partial charge in [0.05, 0.1) is 5.04 Å². The molecule has 1 unspecified atom stereocenters. The van der Waals surface area contributed by atoms with Crippen molar-refractivity contribution in [3.8, 4) is 0 Å². The van der Waals surface area contributed by atoms with Gasteiger partial charge in [0.2, 0.25) is 11.1 Å². The Balaban J connectivity index is 1.75. The van der Waals surface area contributed by atoms with E-state index >= 15 is 0 Å². The van der Waals surface area contributed by atoms with Crippen LogP contribution in [0.3, 0.4) is 0 Å². The van der Waals surface area contributed by atoms with Crippen LogP contribution in [0.1, 0.15) is 34.0 Å². The molecule has 0 fully saturated rings. The van der Waals surface area contributed by atoms with Gasteiger partial charge in [0.25, 0.3) is 0 Å². The standard InChI is InChI=1S/C21H20F2N6S2/c1-11-5-7-16(9-12(11)2)24-20(25-21-27-26-13(3)31-21)29-19(30-14(4)28-29)15-6-8-17(22)18(23)10-15/h5-10,19H,1-4H3,(H,24,25,27). The number of hydrogen-bond donors (Lipinski definition) is 1. The largest absolute Gasteiger partial charge is 0.324 e. The summed E-state index contributed by atoms with van der Waals surface area (Å²) in [5.41, 5.74) is 3.71. The fourth-order valence-electron chi connectivity index (χ4n) is 2.98. The predicted octanol–water partition coefficient (Wildman–Crippen LogP) is 5.92. The molecule has 160 valence electrons. The molecule has 0 amide bonds. The third-order valence-electron chi connectivity index (χ3n) is 4.68. The van der Waals surface area contributed by atoms with Gasteiger partial charge in [-0.3, -0.25) is 0 Å². The molecule has 0 saturated heterocycles. The van der Waals surface area contributed by atoms with Gasteiger partial charge in [-0.2, -0.15) is 10.1 Å². The van der Waals surface area contributed by atoms with E-state index in [1.807, 2.05) is 45.9 Å². The number of aliphatic imine (C=N–C) groups is 1. The number of aryl methyl sites for hydroxylation is 3. The van der Waals surface area contributed by atoms with E-state index in [1.165, 1.54) is 34.7 Å². The molecule has 0 aliphatic carbocycles. The van der Waals surface area contributed by atoms with Gasteiger partial charge in [-0.1, -0.05) is 35.2 Å². The Morgan fingerprint density at radius 2 is 1.81 bits per heavy atom. The quantitative estimate of drug-likeness (QED) is 0.390. The summed E-state index contributed by atoms with van der Waals surface area (Å²) in [6.07, 6.45) is 0. The summed E-state index contributed by atoms with van der Waals surface area (Å²) in [7, 11) is 0. The summed E-state index contributed by atoms with van der Waals surface area (Å²) in [4.78, 5) is 4.65. The molecular weight excluding hydrogens is 438 g/mol. The average Bonchev–Trinajstić information content (AvgIpc) is 3.31. The fraction of sp³-hybridized carbons (Fsp3) is 0.238. The van der Waals surface area contributed by atoms with Crippen LogP contribution in [0.15, 0.2) is 46.5 Å². The molecule has 1 aliphatic heterocycles. The van der Waals surface area contributed by atoms with Crippen molar-refractivity contribution in [2.45, 2.75) is 33.1 Å². The Kier molecular flexibility index (Phi) is 6.01. The Hall–Kier alpha value is -2.85. The molecule has 0 saturated carbocycles. The third kappa shape index (κ3) is 4.75. The van der Waals surface area contributed by atoms with E-state index in [0.717, 1.165) is 27.4 Å². The highest BCUT2D eigenvalue weighted by Crippen LogP contribution is 2.40. The maximum Gasteiger partial charge on any atom is 0.234 e. The minimum absolute atomic E-state index is 0.415. The van der Waals surface area contributed by atoms with Crippen LogP contribution in [-0.2, 0) is 0 Å². The lowest BCUT2D eigenvalue weighted by atomic mass is 10.1. The first-order chi connectivity index (χ1) is 14.8. The minimum atomic E-state index is -0.900. The number of anilines is 1. The Labute approximate surface area is 187 Å². The molecule has 0 spiro atoms. The SMILES string of the molecule is CC1=NN(/C(=N/c2nnc(C)s2)Nc2ccc(C)c(C)c2)C(c2ccc(F)c(F)c2)S1. The predicted molar refractivity (Wildman–Crippen MR) is 123 cm³/mol. The van der Waals surface area contributed by atoms with Crippen LogP contribution in [-0.4, -0.2) is 26.2 Å². The van der Waals surface area contributed by atoms with Crippen molar-refractivity contribution in [2.24, 2.45) is 10.1 Å². The van der Waals surface area contributed by atoms with Gasteiger partial charge in [0.1, 0.15) is 10.4 Å². The number of hydrogen-bond acceptors (Lipinski definition) is 6. The van der Waals surface area contributed by atoms with Crippen LogP contribution < -0.4 is 5.32 Å². The molecule has 1 atom stereocenters. The van der Waals surface area contributed by atoms with Gasteiger partial charge in [0.15, 0.2) is 11.6 Å². The van der Waals surface area contributed by atoms with Gasteiger partial charge in [0, 0.05) is 5.69 Å². The lowest BCUT2D eigenvalue weighted by Crippen LogP contribution is -2.32. The van der Waals surface area contributed by atoms with Gasteiger partial charge in [-0.15, -0.1) is 10.2 Å². The van der Waals surface area contributed by atoms with Gasteiger partial charge in [-0.25, -0.2) is 13.8 Å². The van der Waals surface area contributed by atoms with Crippen molar-refractivity contribution in [2.75, 3.05) is 5.32 Å². The molecule has 1 aliphatic rings. The number of nitrogens with one attached hydrogen (secondary N) is 1. The molecule has 4 rings (SSSR count). The van der Waals surface area contributed by atoms with Crippen LogP contribution in [0, 0.1) is 32.4 Å². The number of thioether (sulfide) groups is 1. The number of hydrazone groups is 1. The molecule has 2 aromatic carbocycles. The second kappa shape index (κ2) is 8.72. The highest BCUT2D eigenvalue weighted by atomic mass is 32.2. The Morgan fingerprint density at radius 1 is 1.00 bits per heavy atom. The van der Waals surface area contributed by atoms with Crippen molar-refractivity contribution in [1.82, 2.24) is 15.2 Å².